The number of ether oxygens (including phenoxy) is 1. The van der Waals surface area contributed by atoms with Crippen LogP contribution in [0.25, 0.3) is 11.0 Å². The van der Waals surface area contributed by atoms with Gasteiger partial charge in [-0.15, -0.1) is 0 Å². The second-order valence-electron chi connectivity index (χ2n) is 7.36. The molecule has 1 saturated heterocycles. The maximum atomic E-state index is 12.1. The highest BCUT2D eigenvalue weighted by atomic mass is 16.5. The second-order valence-corrected chi connectivity index (χ2v) is 7.36. The Morgan fingerprint density at radius 2 is 2.04 bits per heavy atom. The number of nitrogens with one attached hydrogen (secondary N) is 1. The summed E-state index contributed by atoms with van der Waals surface area (Å²) in [4.78, 5) is 27.1. The zero-order valence-corrected chi connectivity index (χ0v) is 15.4. The van der Waals surface area contributed by atoms with Gasteiger partial charge in [-0.3, -0.25) is 9.69 Å². The van der Waals surface area contributed by atoms with E-state index in [1.807, 2.05) is 24.0 Å². The standard InChI is InChI=1S/C20H24N2O4/c1-13-14(2)20(24)26-19-15(13)6-7-17-16(19)11-21(12-25-17)8-4-10-22-9-3-5-18(22)23/h6-7H,3-5,8-12H2,1-2H3/p+1. The molecular weight excluding hydrogens is 332 g/mol. The Kier molecular flexibility index (Phi) is 4.44. The summed E-state index contributed by atoms with van der Waals surface area (Å²) in [5.41, 5.74) is 2.99. The van der Waals surface area contributed by atoms with E-state index in [0.29, 0.717) is 24.3 Å². The van der Waals surface area contributed by atoms with E-state index < -0.39 is 0 Å². The number of carbonyl (C=O) groups is 1. The summed E-state index contributed by atoms with van der Waals surface area (Å²) in [6, 6.07) is 3.95. The van der Waals surface area contributed by atoms with Crippen LogP contribution < -0.4 is 15.3 Å². The molecule has 0 aliphatic carbocycles. The lowest BCUT2D eigenvalue weighted by atomic mass is 10.0. The number of likely N-dealkylation sites (tertiary alicyclic amines) is 1. The minimum absolute atomic E-state index is 0.275. The van der Waals surface area contributed by atoms with Crippen molar-refractivity contribution in [2.75, 3.05) is 26.4 Å². The molecule has 1 N–H and O–H groups in total. The minimum atomic E-state index is -0.275. The van der Waals surface area contributed by atoms with E-state index >= 15 is 0 Å². The molecule has 6 heteroatoms. The predicted octanol–water partition coefficient (Wildman–Crippen LogP) is 1.16. The molecule has 0 radical (unpaired) electrons. The Balaban J connectivity index is 1.52. The van der Waals surface area contributed by atoms with Gasteiger partial charge in [0.05, 0.1) is 12.1 Å². The number of fused-ring (bicyclic) bond motifs is 3. The normalized spacial score (nSPS) is 19.7. The summed E-state index contributed by atoms with van der Waals surface area (Å²) >= 11 is 0. The van der Waals surface area contributed by atoms with Crippen LogP contribution in [0.3, 0.4) is 0 Å². The predicted molar refractivity (Wildman–Crippen MR) is 97.4 cm³/mol. The monoisotopic (exact) mass is 357 g/mol. The lowest BCUT2D eigenvalue weighted by molar-refractivity contribution is -0.932. The molecule has 2 aliphatic rings. The first-order chi connectivity index (χ1) is 12.5. The van der Waals surface area contributed by atoms with E-state index in [4.69, 9.17) is 9.15 Å². The van der Waals surface area contributed by atoms with Crippen molar-refractivity contribution in [2.24, 2.45) is 0 Å². The molecule has 1 aromatic carbocycles. The summed E-state index contributed by atoms with van der Waals surface area (Å²) in [6.45, 7) is 7.76. The molecule has 2 aromatic rings. The van der Waals surface area contributed by atoms with E-state index in [0.717, 1.165) is 61.3 Å². The second kappa shape index (κ2) is 6.76. The van der Waals surface area contributed by atoms with Crippen molar-refractivity contribution in [1.29, 1.82) is 0 Å². The van der Waals surface area contributed by atoms with Crippen molar-refractivity contribution in [3.05, 3.63) is 39.2 Å². The number of quaternary nitrogens is 1. The smallest absolute Gasteiger partial charge is 0.339 e. The minimum Gasteiger partial charge on any atom is -0.445 e. The zero-order chi connectivity index (χ0) is 18.3. The number of hydrogen-bond donors (Lipinski definition) is 1. The van der Waals surface area contributed by atoms with E-state index in [-0.39, 0.29) is 11.5 Å². The van der Waals surface area contributed by atoms with Crippen LogP contribution in [0, 0.1) is 13.8 Å². The first kappa shape index (κ1) is 17.1. The summed E-state index contributed by atoms with van der Waals surface area (Å²) in [5.74, 6) is 1.08. The van der Waals surface area contributed by atoms with Crippen LogP contribution >= 0.6 is 0 Å². The average Bonchev–Trinajstić information content (AvgIpc) is 3.05. The summed E-state index contributed by atoms with van der Waals surface area (Å²) in [6.07, 6.45) is 2.62. The number of benzene rings is 1. The van der Waals surface area contributed by atoms with Gasteiger partial charge in [0.15, 0.2) is 5.58 Å². The fourth-order valence-electron chi connectivity index (χ4n) is 3.95. The topological polar surface area (TPSA) is 64.2 Å². The van der Waals surface area contributed by atoms with Crippen LogP contribution in [0.2, 0.25) is 0 Å². The van der Waals surface area contributed by atoms with Crippen molar-refractivity contribution in [1.82, 2.24) is 4.90 Å². The molecule has 1 atom stereocenters. The molecule has 1 amide bonds. The Morgan fingerprint density at radius 1 is 1.19 bits per heavy atom. The highest BCUT2D eigenvalue weighted by molar-refractivity contribution is 5.85. The molecule has 0 saturated carbocycles. The number of aryl methyl sites for hydroxylation is 1. The molecule has 3 heterocycles. The fourth-order valence-corrected chi connectivity index (χ4v) is 3.95. The third-order valence-corrected chi connectivity index (χ3v) is 5.67. The van der Waals surface area contributed by atoms with Crippen molar-refractivity contribution in [2.45, 2.75) is 39.7 Å². The third kappa shape index (κ3) is 2.98. The molecule has 26 heavy (non-hydrogen) atoms. The Labute approximate surface area is 152 Å². The van der Waals surface area contributed by atoms with Gasteiger partial charge in [-0.05, 0) is 38.0 Å². The van der Waals surface area contributed by atoms with Gasteiger partial charge in [0.1, 0.15) is 12.3 Å². The van der Waals surface area contributed by atoms with Crippen LogP contribution in [-0.4, -0.2) is 37.2 Å². The van der Waals surface area contributed by atoms with Crippen LogP contribution in [0.5, 0.6) is 5.75 Å². The fraction of sp³-hybridized carbons (Fsp3) is 0.500. The van der Waals surface area contributed by atoms with Crippen molar-refractivity contribution >= 4 is 16.9 Å². The summed E-state index contributed by atoms with van der Waals surface area (Å²) in [5, 5.41) is 0.980. The van der Waals surface area contributed by atoms with Crippen molar-refractivity contribution in [3.8, 4) is 5.75 Å². The van der Waals surface area contributed by atoms with Crippen LogP contribution in [0.1, 0.15) is 36.0 Å². The first-order valence-electron chi connectivity index (χ1n) is 9.34. The Morgan fingerprint density at radius 3 is 2.81 bits per heavy atom. The quantitative estimate of drug-likeness (QED) is 0.834. The first-order valence-corrected chi connectivity index (χ1v) is 9.34. The lowest BCUT2D eigenvalue weighted by Gasteiger charge is -2.27. The molecule has 1 unspecified atom stereocenters. The molecule has 0 spiro atoms. The van der Waals surface area contributed by atoms with Gasteiger partial charge in [-0.2, -0.15) is 0 Å². The number of amides is 1. The molecule has 138 valence electrons. The maximum Gasteiger partial charge on any atom is 0.339 e. The van der Waals surface area contributed by atoms with Crippen molar-refractivity contribution < 1.29 is 18.8 Å². The van der Waals surface area contributed by atoms with E-state index in [1.54, 1.807) is 6.92 Å². The van der Waals surface area contributed by atoms with Gasteiger partial charge in [0.25, 0.3) is 0 Å². The largest absolute Gasteiger partial charge is 0.445 e. The van der Waals surface area contributed by atoms with Gasteiger partial charge >= 0.3 is 5.63 Å². The zero-order valence-electron chi connectivity index (χ0n) is 15.4. The van der Waals surface area contributed by atoms with Crippen molar-refractivity contribution in [3.63, 3.8) is 0 Å². The van der Waals surface area contributed by atoms with E-state index in [1.165, 1.54) is 4.90 Å². The average molecular weight is 357 g/mol. The number of carbonyl (C=O) groups excluding carboxylic acids is 1. The lowest BCUT2D eigenvalue weighted by Crippen LogP contribution is -3.12. The Hall–Kier alpha value is -2.34. The molecule has 1 aromatic heterocycles. The number of rotatable bonds is 4. The van der Waals surface area contributed by atoms with E-state index in [9.17, 15) is 9.59 Å². The third-order valence-electron chi connectivity index (χ3n) is 5.67. The summed E-state index contributed by atoms with van der Waals surface area (Å²) < 4.78 is 11.5. The van der Waals surface area contributed by atoms with Crippen LogP contribution in [0.15, 0.2) is 21.3 Å². The molecule has 0 bridgehead atoms. The number of nitrogens with zero attached hydrogens (tertiary/aromatic N) is 1. The van der Waals surface area contributed by atoms with Crippen LogP contribution in [-0.2, 0) is 11.3 Å². The van der Waals surface area contributed by atoms with Gasteiger partial charge < -0.3 is 14.1 Å². The van der Waals surface area contributed by atoms with Gasteiger partial charge in [-0.25, -0.2) is 4.79 Å². The van der Waals surface area contributed by atoms with Gasteiger partial charge in [0, 0.05) is 36.9 Å². The number of hydrogen-bond acceptors (Lipinski definition) is 4. The Bertz CT molecular complexity index is 918. The highest BCUT2D eigenvalue weighted by Crippen LogP contribution is 2.30. The van der Waals surface area contributed by atoms with Gasteiger partial charge in [-0.1, -0.05) is 0 Å². The molecule has 2 aliphatic heterocycles. The maximum absolute atomic E-state index is 12.1. The molecule has 6 nitrogen and oxygen atoms in total. The SMILES string of the molecule is Cc1c(C)c2ccc3c(c2oc1=O)C[NH+](CCCN1CCCC1=O)CO3. The van der Waals surface area contributed by atoms with E-state index in [2.05, 4.69) is 0 Å². The molecular formula is C20H25N2O4+. The molecule has 1 fully saturated rings. The molecule has 4 rings (SSSR count). The highest BCUT2D eigenvalue weighted by Gasteiger charge is 2.26. The van der Waals surface area contributed by atoms with Gasteiger partial charge in [0.2, 0.25) is 12.6 Å². The van der Waals surface area contributed by atoms with Crippen LogP contribution in [0.4, 0.5) is 0 Å². The summed E-state index contributed by atoms with van der Waals surface area (Å²) in [7, 11) is 0.